The van der Waals surface area contributed by atoms with Crippen LogP contribution in [0.1, 0.15) is 37.4 Å². The summed E-state index contributed by atoms with van der Waals surface area (Å²) in [5.74, 6) is 1.04. The molecule has 2 atom stereocenters. The topological polar surface area (TPSA) is 80.1 Å². The number of esters is 1. The van der Waals surface area contributed by atoms with E-state index in [2.05, 4.69) is 21.5 Å². The molecule has 1 aromatic rings. The van der Waals surface area contributed by atoms with Crippen molar-refractivity contribution >= 4 is 11.9 Å². The zero-order valence-corrected chi connectivity index (χ0v) is 13.3. The number of carbonyl (C=O) groups excluding carboxylic acids is 2. The third-order valence-electron chi connectivity index (χ3n) is 4.36. The third kappa shape index (κ3) is 3.62. The van der Waals surface area contributed by atoms with E-state index in [0.717, 1.165) is 5.56 Å². The SMILES string of the molecule is C#CCCC1(CCNC(=O)C2CC(c3ccccc3)OC2=O)N=N1. The largest absolute Gasteiger partial charge is 0.457 e. The Balaban J connectivity index is 1.47. The Bertz CT molecular complexity index is 687. The highest BCUT2D eigenvalue weighted by atomic mass is 16.6. The summed E-state index contributed by atoms with van der Waals surface area (Å²) in [6, 6.07) is 9.45. The molecule has 3 rings (SSSR count). The van der Waals surface area contributed by atoms with Crippen molar-refractivity contribution in [1.29, 1.82) is 0 Å². The molecule has 1 fully saturated rings. The fourth-order valence-electron chi connectivity index (χ4n) is 2.84. The Morgan fingerprint density at radius 3 is 2.75 bits per heavy atom. The zero-order chi connectivity index (χ0) is 17.0. The van der Waals surface area contributed by atoms with Crippen LogP contribution in [0, 0.1) is 18.3 Å². The lowest BCUT2D eigenvalue weighted by molar-refractivity contribution is -0.147. The van der Waals surface area contributed by atoms with Gasteiger partial charge in [-0.15, -0.1) is 12.3 Å². The van der Waals surface area contributed by atoms with Crippen molar-refractivity contribution in [3.63, 3.8) is 0 Å². The average molecular weight is 325 g/mol. The van der Waals surface area contributed by atoms with Crippen molar-refractivity contribution in [2.24, 2.45) is 16.1 Å². The van der Waals surface area contributed by atoms with Gasteiger partial charge in [0.15, 0.2) is 5.66 Å². The summed E-state index contributed by atoms with van der Waals surface area (Å²) in [6.07, 6.45) is 7.16. The molecule has 124 valence electrons. The van der Waals surface area contributed by atoms with Gasteiger partial charge in [0.05, 0.1) is 0 Å². The highest BCUT2D eigenvalue weighted by Gasteiger charge is 2.41. The molecule has 6 nitrogen and oxygen atoms in total. The Labute approximate surface area is 140 Å². The lowest BCUT2D eigenvalue weighted by Crippen LogP contribution is -2.35. The van der Waals surface area contributed by atoms with Crippen molar-refractivity contribution in [3.05, 3.63) is 35.9 Å². The number of hydrogen-bond acceptors (Lipinski definition) is 5. The highest BCUT2D eigenvalue weighted by molar-refractivity contribution is 5.99. The van der Waals surface area contributed by atoms with E-state index in [9.17, 15) is 9.59 Å². The number of terminal acetylenes is 1. The normalized spacial score (nSPS) is 23.4. The first-order chi connectivity index (χ1) is 11.6. The predicted octanol–water partition coefficient (Wildman–Crippen LogP) is 2.37. The Kier molecular flexibility index (Phi) is 4.61. The van der Waals surface area contributed by atoms with Crippen LogP contribution in [0.5, 0.6) is 0 Å². The molecule has 0 saturated carbocycles. The number of hydrogen-bond donors (Lipinski definition) is 1. The Morgan fingerprint density at radius 1 is 1.33 bits per heavy atom. The van der Waals surface area contributed by atoms with Crippen molar-refractivity contribution < 1.29 is 14.3 Å². The van der Waals surface area contributed by atoms with Crippen molar-refractivity contribution in [2.45, 2.75) is 37.5 Å². The molecule has 0 radical (unpaired) electrons. The van der Waals surface area contributed by atoms with Gasteiger partial charge in [-0.05, 0) is 5.56 Å². The first-order valence-corrected chi connectivity index (χ1v) is 8.04. The monoisotopic (exact) mass is 325 g/mol. The third-order valence-corrected chi connectivity index (χ3v) is 4.36. The Hall–Kier alpha value is -2.68. The molecule has 1 aromatic carbocycles. The minimum absolute atomic E-state index is 0.300. The van der Waals surface area contributed by atoms with Gasteiger partial charge in [0.1, 0.15) is 12.0 Å². The summed E-state index contributed by atoms with van der Waals surface area (Å²) in [5, 5.41) is 10.8. The van der Waals surface area contributed by atoms with Crippen LogP contribution in [0.25, 0.3) is 0 Å². The lowest BCUT2D eigenvalue weighted by atomic mass is 9.99. The van der Waals surface area contributed by atoms with Gasteiger partial charge in [-0.2, -0.15) is 10.2 Å². The van der Waals surface area contributed by atoms with E-state index in [0.29, 0.717) is 32.2 Å². The van der Waals surface area contributed by atoms with Gasteiger partial charge < -0.3 is 10.1 Å². The molecule has 0 bridgehead atoms. The minimum atomic E-state index is -0.759. The molecular weight excluding hydrogens is 306 g/mol. The molecule has 0 aromatic heterocycles. The molecule has 1 saturated heterocycles. The maximum absolute atomic E-state index is 12.2. The van der Waals surface area contributed by atoms with Crippen LogP contribution < -0.4 is 5.32 Å². The number of rotatable bonds is 7. The van der Waals surface area contributed by atoms with Crippen molar-refractivity contribution in [3.8, 4) is 12.3 Å². The van der Waals surface area contributed by atoms with E-state index in [1.165, 1.54) is 0 Å². The zero-order valence-electron chi connectivity index (χ0n) is 13.3. The van der Waals surface area contributed by atoms with Gasteiger partial charge in [-0.25, -0.2) is 0 Å². The maximum atomic E-state index is 12.2. The summed E-state index contributed by atoms with van der Waals surface area (Å²) in [4.78, 5) is 24.2. The Morgan fingerprint density at radius 2 is 2.08 bits per heavy atom. The molecule has 0 aliphatic carbocycles. The molecule has 1 amide bonds. The number of amides is 1. The van der Waals surface area contributed by atoms with E-state index >= 15 is 0 Å². The molecule has 1 N–H and O–H groups in total. The molecule has 2 aliphatic heterocycles. The molecule has 2 aliphatic rings. The van der Waals surface area contributed by atoms with E-state index in [1.807, 2.05) is 30.3 Å². The second kappa shape index (κ2) is 6.83. The first-order valence-electron chi connectivity index (χ1n) is 8.04. The number of nitrogens with one attached hydrogen (secondary N) is 1. The fraction of sp³-hybridized carbons (Fsp3) is 0.444. The van der Waals surface area contributed by atoms with Gasteiger partial charge in [0, 0.05) is 32.2 Å². The fourth-order valence-corrected chi connectivity index (χ4v) is 2.84. The quantitative estimate of drug-likeness (QED) is 0.475. The van der Waals surface area contributed by atoms with Gasteiger partial charge in [-0.3, -0.25) is 9.59 Å². The average Bonchev–Trinajstić information content (AvgIpc) is 3.26. The van der Waals surface area contributed by atoms with Crippen molar-refractivity contribution in [2.75, 3.05) is 6.54 Å². The number of carbonyl (C=O) groups is 2. The summed E-state index contributed by atoms with van der Waals surface area (Å²) >= 11 is 0. The second-order valence-corrected chi connectivity index (χ2v) is 6.05. The van der Waals surface area contributed by atoms with Gasteiger partial charge in [-0.1, -0.05) is 30.3 Å². The maximum Gasteiger partial charge on any atom is 0.319 e. The van der Waals surface area contributed by atoms with E-state index < -0.39 is 17.6 Å². The standard InChI is InChI=1S/C18H19N3O3/c1-2-3-9-18(20-21-18)10-11-19-16(22)14-12-15(24-17(14)23)13-7-5-4-6-8-13/h1,4-8,14-15H,3,9-12H2,(H,19,22). The number of cyclic esters (lactones) is 1. The second-order valence-electron chi connectivity index (χ2n) is 6.05. The summed E-state index contributed by atoms with van der Waals surface area (Å²) in [7, 11) is 0. The van der Waals surface area contributed by atoms with E-state index in [1.54, 1.807) is 0 Å². The summed E-state index contributed by atoms with van der Waals surface area (Å²) < 4.78 is 5.33. The molecule has 24 heavy (non-hydrogen) atoms. The van der Waals surface area contributed by atoms with Gasteiger partial charge in [0.2, 0.25) is 5.91 Å². The number of benzene rings is 1. The van der Waals surface area contributed by atoms with Crippen LogP contribution in [0.2, 0.25) is 0 Å². The molecule has 0 spiro atoms. The molecule has 6 heteroatoms. The lowest BCUT2D eigenvalue weighted by Gasteiger charge is -2.11. The van der Waals surface area contributed by atoms with Crippen LogP contribution >= 0.6 is 0 Å². The smallest absolute Gasteiger partial charge is 0.319 e. The van der Waals surface area contributed by atoms with Crippen LogP contribution in [0.4, 0.5) is 0 Å². The highest BCUT2D eigenvalue weighted by Crippen LogP contribution is 2.36. The van der Waals surface area contributed by atoms with Crippen LogP contribution in [0.15, 0.2) is 40.6 Å². The van der Waals surface area contributed by atoms with Crippen LogP contribution in [-0.2, 0) is 14.3 Å². The number of ether oxygens (including phenoxy) is 1. The van der Waals surface area contributed by atoms with Crippen LogP contribution in [0.3, 0.4) is 0 Å². The number of nitrogens with zero attached hydrogens (tertiary/aromatic N) is 2. The summed E-state index contributed by atoms with van der Waals surface area (Å²) in [5.41, 5.74) is 0.479. The molecular formula is C18H19N3O3. The first kappa shape index (κ1) is 16.2. The molecule has 2 heterocycles. The molecule has 2 unspecified atom stereocenters. The van der Waals surface area contributed by atoms with E-state index in [4.69, 9.17) is 11.2 Å². The van der Waals surface area contributed by atoms with E-state index in [-0.39, 0.29) is 12.0 Å². The van der Waals surface area contributed by atoms with Gasteiger partial charge >= 0.3 is 5.97 Å². The summed E-state index contributed by atoms with van der Waals surface area (Å²) in [6.45, 7) is 0.413. The van der Waals surface area contributed by atoms with Crippen molar-refractivity contribution in [1.82, 2.24) is 5.32 Å². The van der Waals surface area contributed by atoms with Gasteiger partial charge in [0.25, 0.3) is 0 Å². The minimum Gasteiger partial charge on any atom is -0.457 e. The van der Waals surface area contributed by atoms with Crippen LogP contribution in [-0.4, -0.2) is 24.1 Å². The predicted molar refractivity (Wildman–Crippen MR) is 86.7 cm³/mol.